The van der Waals surface area contributed by atoms with Gasteiger partial charge in [-0.3, -0.25) is 14.4 Å². The van der Waals surface area contributed by atoms with E-state index < -0.39 is 6.10 Å². The third-order valence-corrected chi connectivity index (χ3v) is 13.7. The van der Waals surface area contributed by atoms with Crippen molar-refractivity contribution in [3.63, 3.8) is 0 Å². The smallest absolute Gasteiger partial charge is 0.306 e. The van der Waals surface area contributed by atoms with Crippen LogP contribution in [-0.2, 0) is 28.6 Å². The van der Waals surface area contributed by atoms with Gasteiger partial charge in [0.15, 0.2) is 6.10 Å². The molecular formula is C71H120O6. The average molecular weight is 1070 g/mol. The van der Waals surface area contributed by atoms with Crippen molar-refractivity contribution < 1.29 is 28.6 Å². The molecule has 0 fully saturated rings. The maximum Gasteiger partial charge on any atom is 0.306 e. The highest BCUT2D eigenvalue weighted by Crippen LogP contribution is 2.15. The molecule has 1 atom stereocenters. The fourth-order valence-corrected chi connectivity index (χ4v) is 8.88. The van der Waals surface area contributed by atoms with Crippen LogP contribution in [-0.4, -0.2) is 37.2 Å². The van der Waals surface area contributed by atoms with E-state index in [4.69, 9.17) is 14.2 Å². The first-order valence-corrected chi connectivity index (χ1v) is 32.4. The maximum atomic E-state index is 12.9. The van der Waals surface area contributed by atoms with Crippen LogP contribution in [0.1, 0.15) is 303 Å². The van der Waals surface area contributed by atoms with Crippen molar-refractivity contribution in [2.75, 3.05) is 13.2 Å². The lowest BCUT2D eigenvalue weighted by Gasteiger charge is -2.18. The van der Waals surface area contributed by atoms with E-state index in [0.717, 1.165) is 128 Å². The van der Waals surface area contributed by atoms with Crippen LogP contribution in [0.15, 0.2) is 109 Å². The number of unbranched alkanes of at least 4 members (excludes halogenated alkanes) is 29. The lowest BCUT2D eigenvalue weighted by Crippen LogP contribution is -2.30. The molecule has 0 rings (SSSR count). The molecule has 0 aliphatic heterocycles. The van der Waals surface area contributed by atoms with Crippen molar-refractivity contribution in [2.45, 2.75) is 309 Å². The van der Waals surface area contributed by atoms with Crippen LogP contribution in [0.3, 0.4) is 0 Å². The summed E-state index contributed by atoms with van der Waals surface area (Å²) in [7, 11) is 0. The lowest BCUT2D eigenvalue weighted by molar-refractivity contribution is -0.167. The number of allylic oxidation sites excluding steroid dienone is 18. The molecule has 0 amide bonds. The zero-order chi connectivity index (χ0) is 55.7. The highest BCUT2D eigenvalue weighted by atomic mass is 16.6. The van der Waals surface area contributed by atoms with Crippen molar-refractivity contribution in [3.8, 4) is 0 Å². The second-order valence-corrected chi connectivity index (χ2v) is 21.3. The third kappa shape index (κ3) is 62.8. The van der Waals surface area contributed by atoms with Gasteiger partial charge in [-0.05, 0) is 128 Å². The number of rotatable bonds is 58. The number of carbonyl (C=O) groups excluding carboxylic acids is 3. The quantitative estimate of drug-likeness (QED) is 0.0261. The Morgan fingerprint density at radius 2 is 0.506 bits per heavy atom. The monoisotopic (exact) mass is 1070 g/mol. The first kappa shape index (κ1) is 73.1. The first-order valence-electron chi connectivity index (χ1n) is 32.4. The van der Waals surface area contributed by atoms with E-state index in [1.165, 1.54) is 135 Å². The van der Waals surface area contributed by atoms with Crippen LogP contribution in [0.25, 0.3) is 0 Å². The molecule has 1 unspecified atom stereocenters. The molecule has 0 aliphatic carbocycles. The molecule has 0 aromatic carbocycles. The van der Waals surface area contributed by atoms with Crippen molar-refractivity contribution in [3.05, 3.63) is 109 Å². The molecule has 0 bridgehead atoms. The largest absolute Gasteiger partial charge is 0.462 e. The fourth-order valence-electron chi connectivity index (χ4n) is 8.88. The zero-order valence-corrected chi connectivity index (χ0v) is 50.4. The highest BCUT2D eigenvalue weighted by molar-refractivity contribution is 5.71. The predicted molar refractivity (Wildman–Crippen MR) is 334 cm³/mol. The molecule has 77 heavy (non-hydrogen) atoms. The molecule has 0 radical (unpaired) electrons. The molecule has 0 N–H and O–H groups in total. The molecule has 0 aliphatic rings. The van der Waals surface area contributed by atoms with Gasteiger partial charge in [-0.25, -0.2) is 0 Å². The van der Waals surface area contributed by atoms with Gasteiger partial charge in [-0.1, -0.05) is 265 Å². The molecule has 6 heteroatoms. The van der Waals surface area contributed by atoms with Crippen molar-refractivity contribution >= 4 is 17.9 Å². The predicted octanol–water partition coefficient (Wildman–Crippen LogP) is 22.2. The zero-order valence-electron chi connectivity index (χ0n) is 50.4. The molecule has 0 aromatic heterocycles. The Bertz CT molecular complexity index is 1560. The van der Waals surface area contributed by atoms with Gasteiger partial charge in [-0.2, -0.15) is 0 Å². The molecule has 440 valence electrons. The molecule has 0 spiro atoms. The topological polar surface area (TPSA) is 78.9 Å². The number of esters is 3. The average Bonchev–Trinajstić information content (AvgIpc) is 3.43. The summed E-state index contributed by atoms with van der Waals surface area (Å²) in [5, 5.41) is 0. The summed E-state index contributed by atoms with van der Waals surface area (Å²) in [6, 6.07) is 0. The van der Waals surface area contributed by atoms with E-state index in [2.05, 4.69) is 130 Å². The van der Waals surface area contributed by atoms with Crippen LogP contribution in [0.5, 0.6) is 0 Å². The van der Waals surface area contributed by atoms with Crippen LogP contribution in [0.2, 0.25) is 0 Å². The summed E-state index contributed by atoms with van der Waals surface area (Å²) in [6.07, 6.45) is 88.0. The van der Waals surface area contributed by atoms with Crippen molar-refractivity contribution in [1.29, 1.82) is 0 Å². The summed E-state index contributed by atoms with van der Waals surface area (Å²) in [5.74, 6) is -0.908. The molecule has 0 saturated carbocycles. The molecule has 6 nitrogen and oxygen atoms in total. The van der Waals surface area contributed by atoms with Gasteiger partial charge >= 0.3 is 17.9 Å². The normalized spacial score (nSPS) is 12.8. The Labute approximate surface area is 476 Å². The number of hydrogen-bond donors (Lipinski definition) is 0. The van der Waals surface area contributed by atoms with E-state index in [9.17, 15) is 14.4 Å². The summed E-state index contributed by atoms with van der Waals surface area (Å²) in [6.45, 7) is 6.49. The summed E-state index contributed by atoms with van der Waals surface area (Å²) in [4.78, 5) is 38.3. The molecular weight excluding hydrogens is 949 g/mol. The van der Waals surface area contributed by atoms with Crippen LogP contribution in [0, 0.1) is 0 Å². The summed E-state index contributed by atoms with van der Waals surface area (Å²) >= 11 is 0. The van der Waals surface area contributed by atoms with E-state index >= 15 is 0 Å². The molecule has 0 heterocycles. The van der Waals surface area contributed by atoms with Crippen LogP contribution >= 0.6 is 0 Å². The van der Waals surface area contributed by atoms with Gasteiger partial charge in [0.05, 0.1) is 0 Å². The summed E-state index contributed by atoms with van der Waals surface area (Å²) in [5.41, 5.74) is 0. The van der Waals surface area contributed by atoms with Crippen molar-refractivity contribution in [2.24, 2.45) is 0 Å². The maximum absolute atomic E-state index is 12.9. The van der Waals surface area contributed by atoms with Gasteiger partial charge in [-0.15, -0.1) is 0 Å². The van der Waals surface area contributed by atoms with Gasteiger partial charge in [0.25, 0.3) is 0 Å². The number of hydrogen-bond acceptors (Lipinski definition) is 6. The highest BCUT2D eigenvalue weighted by Gasteiger charge is 2.19. The Hall–Kier alpha value is -3.93. The Balaban J connectivity index is 4.32. The summed E-state index contributed by atoms with van der Waals surface area (Å²) < 4.78 is 16.9. The van der Waals surface area contributed by atoms with E-state index in [1.54, 1.807) is 0 Å². The van der Waals surface area contributed by atoms with Gasteiger partial charge < -0.3 is 14.2 Å². The minimum absolute atomic E-state index is 0.0885. The Kier molecular flexibility index (Phi) is 61.3. The second kappa shape index (κ2) is 64.6. The SMILES string of the molecule is CC/C=C\C/C=C\C/C=C\C/C=C\C/C=C\C/C=C\CCCCCCCCCCCCC(=O)OCC(COC(=O)CCCCCCC/C=C\CCCCCCC)OC(=O)CCCCCCC/C=C\C/C=C\CCCCCC. The van der Waals surface area contributed by atoms with Gasteiger partial charge in [0, 0.05) is 19.3 Å². The van der Waals surface area contributed by atoms with Crippen LogP contribution < -0.4 is 0 Å². The molecule has 0 saturated heterocycles. The van der Waals surface area contributed by atoms with E-state index in [0.29, 0.717) is 19.3 Å². The molecule has 0 aromatic rings. The third-order valence-electron chi connectivity index (χ3n) is 13.7. The first-order chi connectivity index (χ1) is 38.0. The minimum atomic E-state index is -0.792. The Morgan fingerprint density at radius 1 is 0.273 bits per heavy atom. The number of ether oxygens (including phenoxy) is 3. The number of carbonyl (C=O) groups is 3. The fraction of sp³-hybridized carbons (Fsp3) is 0.704. The van der Waals surface area contributed by atoms with Gasteiger partial charge in [0.1, 0.15) is 13.2 Å². The van der Waals surface area contributed by atoms with Gasteiger partial charge in [0.2, 0.25) is 0 Å². The van der Waals surface area contributed by atoms with Crippen molar-refractivity contribution in [1.82, 2.24) is 0 Å². The Morgan fingerprint density at radius 3 is 0.818 bits per heavy atom. The minimum Gasteiger partial charge on any atom is -0.462 e. The van der Waals surface area contributed by atoms with E-state index in [1.807, 2.05) is 0 Å². The second-order valence-electron chi connectivity index (χ2n) is 21.3. The van der Waals surface area contributed by atoms with Crippen LogP contribution in [0.4, 0.5) is 0 Å². The van der Waals surface area contributed by atoms with E-state index in [-0.39, 0.29) is 31.1 Å². The standard InChI is InChI=1S/C71H120O6/c1-4-7-10-13-16-19-22-25-28-30-31-32-33-34-35-36-37-38-39-40-41-42-44-46-49-52-55-58-61-64-70(73)76-67-68(66-75-69(72)63-60-57-54-51-48-45-27-24-21-18-15-12-9-6-3)77-71(74)65-62-59-56-53-50-47-43-29-26-23-20-17-14-11-8-5-2/h7,10,16,19-20,23-25,27-29,31-32,34-35,37-38,43,68H,4-6,8-9,11-15,17-18,21-22,26,30,33,36,39-42,44-67H2,1-3H3/b10-7-,19-16-,23-20-,27-24-,28-25-,32-31-,35-34-,38-37-,43-29-. The lowest BCUT2D eigenvalue weighted by atomic mass is 10.1.